The summed E-state index contributed by atoms with van der Waals surface area (Å²) in [6, 6.07) is 12.6. The van der Waals surface area contributed by atoms with Gasteiger partial charge in [-0.1, -0.05) is 47.5 Å². The van der Waals surface area contributed by atoms with E-state index < -0.39 is 0 Å². The molecule has 0 aliphatic carbocycles. The second-order valence-corrected chi connectivity index (χ2v) is 5.91. The molecule has 0 fully saturated rings. The molecule has 0 heterocycles. The van der Waals surface area contributed by atoms with E-state index in [-0.39, 0.29) is 6.03 Å². The lowest BCUT2D eigenvalue weighted by atomic mass is 10.2. The maximum absolute atomic E-state index is 12.2. The highest BCUT2D eigenvalue weighted by Gasteiger charge is 2.12. The van der Waals surface area contributed by atoms with Crippen molar-refractivity contribution in [1.29, 1.82) is 0 Å². The van der Waals surface area contributed by atoms with E-state index in [1.807, 2.05) is 30.3 Å². The van der Waals surface area contributed by atoms with Crippen molar-refractivity contribution in [3.8, 4) is 5.75 Å². The number of hydrogen-bond donors (Lipinski definition) is 1. The van der Waals surface area contributed by atoms with Crippen LogP contribution in [0.3, 0.4) is 0 Å². The Hall–Kier alpha value is -1.91. The Bertz CT molecular complexity index is 692. The Morgan fingerprint density at radius 3 is 2.61 bits per heavy atom. The third-order valence-electron chi connectivity index (χ3n) is 3.39. The number of rotatable bonds is 5. The van der Waals surface area contributed by atoms with Crippen molar-refractivity contribution in [3.05, 3.63) is 63.6 Å². The van der Waals surface area contributed by atoms with Gasteiger partial charge in [0.15, 0.2) is 0 Å². The minimum absolute atomic E-state index is 0.193. The number of hydrogen-bond acceptors (Lipinski definition) is 2. The van der Waals surface area contributed by atoms with Crippen LogP contribution in [0.15, 0.2) is 42.5 Å². The zero-order chi connectivity index (χ0) is 16.8. The zero-order valence-corrected chi connectivity index (χ0v) is 14.5. The van der Waals surface area contributed by atoms with Gasteiger partial charge in [-0.25, -0.2) is 4.79 Å². The molecule has 0 bridgehead atoms. The summed E-state index contributed by atoms with van der Waals surface area (Å²) in [6.45, 7) is 0.787. The van der Waals surface area contributed by atoms with Gasteiger partial charge in [0.05, 0.1) is 7.11 Å². The topological polar surface area (TPSA) is 41.6 Å². The number of ether oxygens (including phenoxy) is 1. The molecule has 4 nitrogen and oxygen atoms in total. The normalized spacial score (nSPS) is 10.3. The average Bonchev–Trinajstić information content (AvgIpc) is 2.55. The first-order chi connectivity index (χ1) is 11.0. The lowest BCUT2D eigenvalue weighted by Gasteiger charge is -2.19. The molecule has 2 rings (SSSR count). The molecule has 0 aliphatic heterocycles. The minimum atomic E-state index is -0.193. The lowest BCUT2D eigenvalue weighted by Crippen LogP contribution is -2.36. The van der Waals surface area contributed by atoms with Crippen molar-refractivity contribution < 1.29 is 9.53 Å². The third-order valence-corrected chi connectivity index (χ3v) is 3.98. The monoisotopic (exact) mass is 352 g/mol. The molecule has 23 heavy (non-hydrogen) atoms. The third kappa shape index (κ3) is 4.78. The number of methoxy groups -OCH3 is 1. The highest BCUT2D eigenvalue weighted by atomic mass is 35.5. The quantitative estimate of drug-likeness (QED) is 0.869. The summed E-state index contributed by atoms with van der Waals surface area (Å²) in [4.78, 5) is 13.8. The Kier molecular flexibility index (Phi) is 6.13. The van der Waals surface area contributed by atoms with Gasteiger partial charge >= 0.3 is 6.03 Å². The van der Waals surface area contributed by atoms with Gasteiger partial charge in [0, 0.05) is 35.7 Å². The van der Waals surface area contributed by atoms with Gasteiger partial charge in [-0.15, -0.1) is 0 Å². The number of carbonyl (C=O) groups is 1. The second-order valence-electron chi connectivity index (χ2n) is 5.06. The number of nitrogens with zero attached hydrogens (tertiary/aromatic N) is 1. The Balaban J connectivity index is 1.95. The van der Waals surface area contributed by atoms with Crippen LogP contribution in [0.1, 0.15) is 11.1 Å². The van der Waals surface area contributed by atoms with E-state index in [0.717, 1.165) is 16.9 Å². The van der Waals surface area contributed by atoms with Gasteiger partial charge in [0.25, 0.3) is 0 Å². The van der Waals surface area contributed by atoms with Crippen LogP contribution in [0.25, 0.3) is 0 Å². The van der Waals surface area contributed by atoms with E-state index in [9.17, 15) is 4.79 Å². The predicted octanol–water partition coefficient (Wildman–Crippen LogP) is 4.34. The molecule has 0 unspecified atom stereocenters. The predicted molar refractivity (Wildman–Crippen MR) is 93.2 cm³/mol. The van der Waals surface area contributed by atoms with Crippen LogP contribution in [0.5, 0.6) is 5.75 Å². The Morgan fingerprint density at radius 1 is 1.17 bits per heavy atom. The van der Waals surface area contributed by atoms with E-state index in [0.29, 0.717) is 23.1 Å². The van der Waals surface area contributed by atoms with Crippen molar-refractivity contribution in [2.24, 2.45) is 0 Å². The van der Waals surface area contributed by atoms with E-state index >= 15 is 0 Å². The van der Waals surface area contributed by atoms with Crippen LogP contribution < -0.4 is 10.1 Å². The van der Waals surface area contributed by atoms with Crippen molar-refractivity contribution in [1.82, 2.24) is 10.2 Å². The average molecular weight is 353 g/mol. The van der Waals surface area contributed by atoms with Gasteiger partial charge < -0.3 is 15.0 Å². The first-order valence-corrected chi connectivity index (χ1v) is 7.81. The zero-order valence-electron chi connectivity index (χ0n) is 13.0. The fourth-order valence-corrected chi connectivity index (χ4v) is 2.60. The summed E-state index contributed by atoms with van der Waals surface area (Å²) in [5, 5.41) is 3.98. The molecule has 0 saturated carbocycles. The summed E-state index contributed by atoms with van der Waals surface area (Å²) in [5.41, 5.74) is 1.76. The molecular formula is C17H18Cl2N2O2. The molecule has 6 heteroatoms. The number of para-hydroxylation sites is 1. The number of urea groups is 1. The first kappa shape index (κ1) is 17.4. The van der Waals surface area contributed by atoms with Gasteiger partial charge in [0.1, 0.15) is 5.75 Å². The summed E-state index contributed by atoms with van der Waals surface area (Å²) >= 11 is 12.0. The molecular weight excluding hydrogens is 335 g/mol. The molecule has 0 aliphatic rings. The van der Waals surface area contributed by atoms with Gasteiger partial charge in [-0.05, 0) is 23.8 Å². The SMILES string of the molecule is COc1ccccc1CNC(=O)N(C)Cc1ccc(Cl)cc1Cl. The van der Waals surface area contributed by atoms with Crippen molar-refractivity contribution in [2.45, 2.75) is 13.1 Å². The molecule has 122 valence electrons. The molecule has 2 aromatic rings. The van der Waals surface area contributed by atoms with Gasteiger partial charge in [-0.2, -0.15) is 0 Å². The molecule has 2 amide bonds. The largest absolute Gasteiger partial charge is 0.496 e. The summed E-state index contributed by atoms with van der Waals surface area (Å²) in [5.74, 6) is 0.746. The maximum Gasteiger partial charge on any atom is 0.317 e. The van der Waals surface area contributed by atoms with Gasteiger partial charge in [0.2, 0.25) is 0 Å². The lowest BCUT2D eigenvalue weighted by molar-refractivity contribution is 0.206. The fraction of sp³-hybridized carbons (Fsp3) is 0.235. The van der Waals surface area contributed by atoms with Gasteiger partial charge in [-0.3, -0.25) is 0 Å². The van der Waals surface area contributed by atoms with E-state index in [4.69, 9.17) is 27.9 Å². The standard InChI is InChI=1S/C17H18Cl2N2O2/c1-21(11-13-7-8-14(18)9-15(13)19)17(22)20-10-12-5-3-4-6-16(12)23-2/h3-9H,10-11H2,1-2H3,(H,20,22). The van der Waals surface area contributed by atoms with Crippen molar-refractivity contribution in [2.75, 3.05) is 14.2 Å². The molecule has 0 saturated heterocycles. The maximum atomic E-state index is 12.2. The van der Waals surface area contributed by atoms with Crippen LogP contribution in [-0.2, 0) is 13.1 Å². The van der Waals surface area contributed by atoms with Crippen molar-refractivity contribution >= 4 is 29.2 Å². The highest BCUT2D eigenvalue weighted by molar-refractivity contribution is 6.35. The summed E-state index contributed by atoms with van der Waals surface area (Å²) < 4.78 is 5.27. The molecule has 0 atom stereocenters. The second kappa shape index (κ2) is 8.09. The molecule has 0 spiro atoms. The smallest absolute Gasteiger partial charge is 0.317 e. The highest BCUT2D eigenvalue weighted by Crippen LogP contribution is 2.22. The summed E-state index contributed by atoms with van der Waals surface area (Å²) in [6.07, 6.45) is 0. The van der Waals surface area contributed by atoms with E-state index in [1.165, 1.54) is 0 Å². The number of benzene rings is 2. The van der Waals surface area contributed by atoms with Crippen LogP contribution in [0.4, 0.5) is 4.79 Å². The Labute approximate surface area is 146 Å². The minimum Gasteiger partial charge on any atom is -0.496 e. The first-order valence-electron chi connectivity index (χ1n) is 7.06. The number of amides is 2. The fourth-order valence-electron chi connectivity index (χ4n) is 2.13. The molecule has 2 aromatic carbocycles. The van der Waals surface area contributed by atoms with Crippen LogP contribution >= 0.6 is 23.2 Å². The van der Waals surface area contributed by atoms with E-state index in [2.05, 4.69) is 5.32 Å². The number of carbonyl (C=O) groups excluding carboxylic acids is 1. The number of nitrogens with one attached hydrogen (secondary N) is 1. The number of halogens is 2. The molecule has 0 radical (unpaired) electrons. The van der Waals surface area contributed by atoms with Crippen molar-refractivity contribution in [3.63, 3.8) is 0 Å². The van der Waals surface area contributed by atoms with Crippen LogP contribution in [0.2, 0.25) is 10.0 Å². The Morgan fingerprint density at radius 2 is 1.91 bits per heavy atom. The molecule has 0 aromatic heterocycles. The molecule has 1 N–H and O–H groups in total. The summed E-state index contributed by atoms with van der Waals surface area (Å²) in [7, 11) is 3.32. The van der Waals surface area contributed by atoms with Crippen LogP contribution in [0, 0.1) is 0 Å². The van der Waals surface area contributed by atoms with Crippen LogP contribution in [-0.4, -0.2) is 25.1 Å². The van der Waals surface area contributed by atoms with E-state index in [1.54, 1.807) is 31.2 Å².